The van der Waals surface area contributed by atoms with E-state index in [1.165, 1.54) is 6.07 Å². The van der Waals surface area contributed by atoms with Crippen LogP contribution < -0.4 is 5.32 Å². The molecule has 0 saturated heterocycles. The molecule has 0 saturated carbocycles. The smallest absolute Gasteiger partial charge is 0.251 e. The summed E-state index contributed by atoms with van der Waals surface area (Å²) in [7, 11) is 0. The van der Waals surface area contributed by atoms with Crippen LogP contribution >= 0.6 is 0 Å². The van der Waals surface area contributed by atoms with Gasteiger partial charge in [-0.1, -0.05) is 31.2 Å². The molecule has 0 aromatic heterocycles. The van der Waals surface area contributed by atoms with Gasteiger partial charge in [0, 0.05) is 5.56 Å². The largest absolute Gasteiger partial charge is 0.386 e. The summed E-state index contributed by atoms with van der Waals surface area (Å²) in [6.07, 6.45) is -0.424. The highest BCUT2D eigenvalue weighted by Crippen LogP contribution is 2.20. The molecule has 0 fully saturated rings. The van der Waals surface area contributed by atoms with Crippen molar-refractivity contribution in [1.29, 1.82) is 0 Å². The van der Waals surface area contributed by atoms with Gasteiger partial charge in [-0.2, -0.15) is 0 Å². The monoisotopic (exact) mass is 319 g/mol. The quantitative estimate of drug-likeness (QED) is 0.887. The van der Waals surface area contributed by atoms with Gasteiger partial charge in [0.15, 0.2) is 11.6 Å². The van der Waals surface area contributed by atoms with Gasteiger partial charge < -0.3 is 10.4 Å². The van der Waals surface area contributed by atoms with E-state index >= 15 is 0 Å². The molecule has 0 spiro atoms. The van der Waals surface area contributed by atoms with Gasteiger partial charge in [-0.05, 0) is 42.7 Å². The van der Waals surface area contributed by atoms with Gasteiger partial charge >= 0.3 is 0 Å². The zero-order chi connectivity index (χ0) is 17.0. The minimum Gasteiger partial charge on any atom is -0.386 e. The van der Waals surface area contributed by atoms with E-state index < -0.39 is 23.8 Å². The van der Waals surface area contributed by atoms with Crippen LogP contribution in [0, 0.1) is 11.6 Å². The Labute approximate surface area is 134 Å². The van der Waals surface area contributed by atoms with E-state index in [0.29, 0.717) is 12.0 Å². The Hall–Kier alpha value is -2.27. The minimum atomic E-state index is -1.14. The highest BCUT2D eigenvalue weighted by atomic mass is 19.2. The molecule has 0 aliphatic rings. The van der Waals surface area contributed by atoms with Gasteiger partial charge in [0.1, 0.15) is 0 Å². The van der Waals surface area contributed by atoms with Crippen LogP contribution in [-0.2, 0) is 6.42 Å². The molecule has 0 aliphatic heterocycles. The molecule has 5 heteroatoms. The first-order valence-electron chi connectivity index (χ1n) is 7.45. The third-order valence-electron chi connectivity index (χ3n) is 3.76. The molecule has 1 amide bonds. The number of carbonyl (C=O) groups is 1. The molecule has 122 valence electrons. The molecule has 3 nitrogen and oxygen atoms in total. The Morgan fingerprint density at radius 2 is 1.87 bits per heavy atom. The summed E-state index contributed by atoms with van der Waals surface area (Å²) in [5.41, 5.74) is 1.65. The van der Waals surface area contributed by atoms with Crippen molar-refractivity contribution in [2.75, 3.05) is 0 Å². The molecule has 0 aliphatic carbocycles. The van der Waals surface area contributed by atoms with Crippen LogP contribution in [-0.4, -0.2) is 17.1 Å². The normalized spacial score (nSPS) is 13.4. The average molecular weight is 319 g/mol. The maximum atomic E-state index is 13.3. The molecule has 0 bridgehead atoms. The lowest BCUT2D eigenvalue weighted by Crippen LogP contribution is -2.37. The Morgan fingerprint density at radius 3 is 2.52 bits per heavy atom. The lowest BCUT2D eigenvalue weighted by atomic mass is 10.0. The summed E-state index contributed by atoms with van der Waals surface area (Å²) in [4.78, 5) is 12.3. The van der Waals surface area contributed by atoms with Gasteiger partial charge in [-0.25, -0.2) is 8.78 Å². The van der Waals surface area contributed by atoms with Crippen molar-refractivity contribution in [2.24, 2.45) is 0 Å². The van der Waals surface area contributed by atoms with E-state index in [1.807, 2.05) is 19.1 Å². The lowest BCUT2D eigenvalue weighted by Gasteiger charge is -2.21. The van der Waals surface area contributed by atoms with Gasteiger partial charge in [0.2, 0.25) is 0 Å². The van der Waals surface area contributed by atoms with Crippen LogP contribution in [0.3, 0.4) is 0 Å². The summed E-state index contributed by atoms with van der Waals surface area (Å²) in [6, 6.07) is 9.73. The average Bonchev–Trinajstić information content (AvgIpc) is 2.56. The first-order chi connectivity index (χ1) is 10.9. The fraction of sp³-hybridized carbons (Fsp3) is 0.278. The molecule has 0 heterocycles. The van der Waals surface area contributed by atoms with Crippen molar-refractivity contribution < 1.29 is 18.7 Å². The highest BCUT2D eigenvalue weighted by molar-refractivity contribution is 5.95. The molecule has 0 radical (unpaired) electrons. The van der Waals surface area contributed by atoms with Crippen LogP contribution in [0.4, 0.5) is 8.78 Å². The summed E-state index contributed by atoms with van der Waals surface area (Å²) in [5.74, 6) is -2.32. The van der Waals surface area contributed by atoms with Crippen LogP contribution in [0.2, 0.25) is 0 Å². The van der Waals surface area contributed by atoms with Crippen molar-refractivity contribution in [3.8, 4) is 0 Å². The van der Waals surface area contributed by atoms with Gasteiger partial charge in [-0.3, -0.25) is 4.79 Å². The summed E-state index contributed by atoms with van der Waals surface area (Å²) < 4.78 is 26.2. The number of aliphatic hydroxyl groups excluding tert-OH is 1. The van der Waals surface area contributed by atoms with Crippen LogP contribution in [0.1, 0.15) is 41.4 Å². The van der Waals surface area contributed by atoms with Crippen LogP contribution in [0.5, 0.6) is 0 Å². The highest BCUT2D eigenvalue weighted by Gasteiger charge is 2.21. The number of nitrogens with one attached hydrogen (secondary N) is 1. The van der Waals surface area contributed by atoms with Crippen LogP contribution in [0.15, 0.2) is 42.5 Å². The lowest BCUT2D eigenvalue weighted by molar-refractivity contribution is 0.0850. The van der Waals surface area contributed by atoms with Crippen molar-refractivity contribution in [3.63, 3.8) is 0 Å². The number of aliphatic hydroxyl groups is 1. The molecule has 2 N–H and O–H groups in total. The Bertz CT molecular complexity index is 703. The number of rotatable bonds is 5. The second-order valence-corrected chi connectivity index (χ2v) is 5.39. The van der Waals surface area contributed by atoms with E-state index in [1.54, 1.807) is 19.1 Å². The molecular formula is C18H19F2NO2. The molecule has 2 unspecified atom stereocenters. The third-order valence-corrected chi connectivity index (χ3v) is 3.76. The predicted molar refractivity (Wildman–Crippen MR) is 84.1 cm³/mol. The maximum absolute atomic E-state index is 13.3. The summed E-state index contributed by atoms with van der Waals surface area (Å²) in [5, 5.41) is 12.9. The zero-order valence-corrected chi connectivity index (χ0v) is 13.0. The van der Waals surface area contributed by atoms with Crippen molar-refractivity contribution in [2.45, 2.75) is 32.4 Å². The first kappa shape index (κ1) is 17.1. The fourth-order valence-electron chi connectivity index (χ4n) is 2.40. The van der Waals surface area contributed by atoms with Gasteiger partial charge in [0.25, 0.3) is 5.91 Å². The number of carbonyl (C=O) groups excluding carboxylic acids is 1. The Kier molecular flexibility index (Phi) is 5.45. The Morgan fingerprint density at radius 1 is 1.17 bits per heavy atom. The first-order valence-corrected chi connectivity index (χ1v) is 7.45. The van der Waals surface area contributed by atoms with E-state index in [0.717, 1.165) is 17.7 Å². The number of hydrogen-bond donors (Lipinski definition) is 2. The number of benzene rings is 2. The molecule has 2 aromatic carbocycles. The second kappa shape index (κ2) is 7.33. The molecular weight excluding hydrogens is 300 g/mol. The van der Waals surface area contributed by atoms with Crippen molar-refractivity contribution in [1.82, 2.24) is 5.32 Å². The number of amides is 1. The summed E-state index contributed by atoms with van der Waals surface area (Å²) in [6.45, 7) is 3.56. The van der Waals surface area contributed by atoms with E-state index in [2.05, 4.69) is 5.32 Å². The molecule has 2 rings (SSSR count). The predicted octanol–water partition coefficient (Wildman–Crippen LogP) is 3.38. The maximum Gasteiger partial charge on any atom is 0.251 e. The standard InChI is InChI=1S/C18H19F2NO2/c1-3-12-6-4-5-7-14(12)18(23)21-11(2)17(22)13-8-9-15(19)16(20)10-13/h4-11,17,22H,3H2,1-2H3,(H,21,23). The van der Waals surface area contributed by atoms with E-state index in [9.17, 15) is 18.7 Å². The SMILES string of the molecule is CCc1ccccc1C(=O)NC(C)C(O)c1ccc(F)c(F)c1. The fourth-order valence-corrected chi connectivity index (χ4v) is 2.40. The molecule has 2 aromatic rings. The Balaban J connectivity index is 2.12. The van der Waals surface area contributed by atoms with Gasteiger partial charge in [0.05, 0.1) is 12.1 Å². The molecule has 23 heavy (non-hydrogen) atoms. The number of hydrogen-bond acceptors (Lipinski definition) is 2. The second-order valence-electron chi connectivity index (χ2n) is 5.39. The van der Waals surface area contributed by atoms with Crippen LogP contribution in [0.25, 0.3) is 0 Å². The topological polar surface area (TPSA) is 49.3 Å². The number of aryl methyl sites for hydroxylation is 1. The summed E-state index contributed by atoms with van der Waals surface area (Å²) >= 11 is 0. The third kappa shape index (κ3) is 3.93. The van der Waals surface area contributed by atoms with E-state index in [-0.39, 0.29) is 11.5 Å². The molecule has 2 atom stereocenters. The number of halogens is 2. The zero-order valence-electron chi connectivity index (χ0n) is 13.0. The van der Waals surface area contributed by atoms with E-state index in [4.69, 9.17) is 0 Å². The van der Waals surface area contributed by atoms with Crippen molar-refractivity contribution in [3.05, 3.63) is 70.8 Å². The van der Waals surface area contributed by atoms with Crippen molar-refractivity contribution >= 4 is 5.91 Å². The van der Waals surface area contributed by atoms with Gasteiger partial charge in [-0.15, -0.1) is 0 Å². The minimum absolute atomic E-state index is 0.209.